The maximum Gasteiger partial charge on any atom is 0.336 e. The van der Waals surface area contributed by atoms with Crippen LogP contribution in [0.5, 0.6) is 0 Å². The van der Waals surface area contributed by atoms with Crippen LogP contribution < -0.4 is 14.8 Å². The highest BCUT2D eigenvalue weighted by Crippen LogP contribution is 2.31. The third-order valence-electron chi connectivity index (χ3n) is 7.07. The fourth-order valence-corrected chi connectivity index (χ4v) is 6.20. The maximum absolute atomic E-state index is 14.1. The lowest BCUT2D eigenvalue weighted by atomic mass is 9.92. The Bertz CT molecular complexity index is 1930. The SMILES string of the molecule is COC(=O)C1=C(C)C=c2sc(=Cc3cn(-c4ccccc4)nc3-c3ccc(C)cc3)c(=O)n2C1c1ccccc1. The van der Waals surface area contributed by atoms with Crippen LogP contribution in [0.1, 0.15) is 29.7 Å². The van der Waals surface area contributed by atoms with E-state index in [2.05, 4.69) is 19.1 Å². The van der Waals surface area contributed by atoms with Crippen LogP contribution in [0.4, 0.5) is 0 Å². The minimum atomic E-state index is -0.580. The molecule has 1 unspecified atom stereocenters. The number of para-hydroxylation sites is 1. The molecule has 6 rings (SSSR count). The number of ether oxygens (including phenoxy) is 1. The summed E-state index contributed by atoms with van der Waals surface area (Å²) in [6.07, 6.45) is 5.75. The number of fused-ring (bicyclic) bond motifs is 1. The Labute approximate surface area is 235 Å². The first-order valence-electron chi connectivity index (χ1n) is 13.0. The second-order valence-corrected chi connectivity index (χ2v) is 10.8. The van der Waals surface area contributed by atoms with E-state index in [0.717, 1.165) is 43.9 Å². The first-order chi connectivity index (χ1) is 19.4. The molecule has 1 aliphatic heterocycles. The normalized spacial score (nSPS) is 15.1. The van der Waals surface area contributed by atoms with E-state index in [1.165, 1.54) is 18.4 Å². The molecule has 5 aromatic rings. The van der Waals surface area contributed by atoms with Crippen LogP contribution in [0.15, 0.2) is 107 Å². The number of hydrogen-bond acceptors (Lipinski definition) is 5. The zero-order chi connectivity index (χ0) is 27.8. The van der Waals surface area contributed by atoms with Gasteiger partial charge in [0.05, 0.1) is 39.3 Å². The topological polar surface area (TPSA) is 66.1 Å². The van der Waals surface area contributed by atoms with Gasteiger partial charge in [0.1, 0.15) is 0 Å². The number of carbonyl (C=O) groups excluding carboxylic acids is 1. The second kappa shape index (κ2) is 10.4. The van der Waals surface area contributed by atoms with Crippen LogP contribution in [-0.4, -0.2) is 27.4 Å². The van der Waals surface area contributed by atoms with Crippen molar-refractivity contribution >= 4 is 29.5 Å². The van der Waals surface area contributed by atoms with Gasteiger partial charge < -0.3 is 4.74 Å². The number of aryl methyl sites for hydroxylation is 1. The molecule has 0 saturated carbocycles. The van der Waals surface area contributed by atoms with E-state index in [0.29, 0.717) is 10.1 Å². The Balaban J connectivity index is 1.57. The number of allylic oxidation sites excluding steroid dienone is 1. The molecule has 2 aromatic heterocycles. The number of carbonyl (C=O) groups is 1. The summed E-state index contributed by atoms with van der Waals surface area (Å²) in [6.45, 7) is 3.94. The van der Waals surface area contributed by atoms with Crippen molar-refractivity contribution in [2.24, 2.45) is 0 Å². The number of aromatic nitrogens is 3. The summed E-state index contributed by atoms with van der Waals surface area (Å²) in [5.74, 6) is -0.442. The lowest BCUT2D eigenvalue weighted by molar-refractivity contribution is -0.136. The predicted molar refractivity (Wildman–Crippen MR) is 159 cm³/mol. The Morgan fingerprint density at radius 1 is 0.950 bits per heavy atom. The van der Waals surface area contributed by atoms with Gasteiger partial charge in [-0.15, -0.1) is 11.3 Å². The third kappa shape index (κ3) is 4.54. The zero-order valence-corrected chi connectivity index (χ0v) is 23.2. The monoisotopic (exact) mass is 545 g/mol. The average Bonchev–Trinajstić information content (AvgIpc) is 3.54. The molecule has 0 amide bonds. The molecule has 198 valence electrons. The fourth-order valence-electron chi connectivity index (χ4n) is 5.08. The summed E-state index contributed by atoms with van der Waals surface area (Å²) in [5.41, 5.74) is 6.60. The second-order valence-electron chi connectivity index (χ2n) is 9.75. The molecule has 1 atom stereocenters. The summed E-state index contributed by atoms with van der Waals surface area (Å²) in [5, 5.41) is 4.91. The highest BCUT2D eigenvalue weighted by atomic mass is 32.1. The zero-order valence-electron chi connectivity index (χ0n) is 22.4. The quantitative estimate of drug-likeness (QED) is 0.299. The van der Waals surface area contributed by atoms with Crippen LogP contribution in [-0.2, 0) is 9.53 Å². The number of nitrogens with zero attached hydrogens (tertiary/aromatic N) is 3. The van der Waals surface area contributed by atoms with Crippen LogP contribution in [0, 0.1) is 6.92 Å². The van der Waals surface area contributed by atoms with Gasteiger partial charge in [-0.25, -0.2) is 9.48 Å². The number of esters is 1. The van der Waals surface area contributed by atoms with Crippen molar-refractivity contribution in [3.8, 4) is 16.9 Å². The number of methoxy groups -OCH3 is 1. The van der Waals surface area contributed by atoms with E-state index >= 15 is 0 Å². The summed E-state index contributed by atoms with van der Waals surface area (Å²) >= 11 is 1.41. The smallest absolute Gasteiger partial charge is 0.336 e. The van der Waals surface area contributed by atoms with Crippen molar-refractivity contribution < 1.29 is 9.53 Å². The van der Waals surface area contributed by atoms with E-state index < -0.39 is 12.0 Å². The molecule has 0 N–H and O–H groups in total. The van der Waals surface area contributed by atoms with E-state index in [9.17, 15) is 9.59 Å². The number of hydrogen-bond donors (Lipinski definition) is 0. The number of benzene rings is 3. The fraction of sp³-hybridized carbons (Fsp3) is 0.121. The van der Waals surface area contributed by atoms with Gasteiger partial charge >= 0.3 is 5.97 Å². The van der Waals surface area contributed by atoms with Gasteiger partial charge in [-0.3, -0.25) is 9.36 Å². The number of thiazole rings is 1. The summed E-state index contributed by atoms with van der Waals surface area (Å²) in [6, 6.07) is 27.1. The van der Waals surface area contributed by atoms with Crippen molar-refractivity contribution in [2.45, 2.75) is 19.9 Å². The highest BCUT2D eigenvalue weighted by Gasteiger charge is 2.31. The molecule has 0 aliphatic carbocycles. The van der Waals surface area contributed by atoms with Crippen molar-refractivity contribution in [2.75, 3.05) is 7.11 Å². The van der Waals surface area contributed by atoms with Crippen molar-refractivity contribution in [1.82, 2.24) is 14.3 Å². The van der Waals surface area contributed by atoms with E-state index in [-0.39, 0.29) is 5.56 Å². The van der Waals surface area contributed by atoms with Gasteiger partial charge in [-0.05, 0) is 49.3 Å². The Kier molecular flexibility index (Phi) is 6.66. The minimum Gasteiger partial charge on any atom is -0.466 e. The molecule has 6 nitrogen and oxygen atoms in total. The Hall–Kier alpha value is -4.75. The van der Waals surface area contributed by atoms with E-state index in [1.807, 2.05) is 103 Å². The molecule has 40 heavy (non-hydrogen) atoms. The Morgan fingerprint density at radius 2 is 1.62 bits per heavy atom. The molecule has 0 radical (unpaired) electrons. The average molecular weight is 546 g/mol. The van der Waals surface area contributed by atoms with Gasteiger partial charge in [0, 0.05) is 17.3 Å². The molecule has 7 heteroatoms. The minimum absolute atomic E-state index is 0.165. The molecule has 3 heterocycles. The first kappa shape index (κ1) is 25.5. The van der Waals surface area contributed by atoms with Crippen molar-refractivity contribution in [3.63, 3.8) is 0 Å². The first-order valence-corrected chi connectivity index (χ1v) is 13.8. The maximum atomic E-state index is 14.1. The van der Waals surface area contributed by atoms with Crippen LogP contribution >= 0.6 is 11.3 Å². The van der Waals surface area contributed by atoms with Crippen LogP contribution in [0.2, 0.25) is 0 Å². The molecule has 3 aromatic carbocycles. The van der Waals surface area contributed by atoms with Gasteiger partial charge in [0.15, 0.2) is 0 Å². The molecule has 0 saturated heterocycles. The van der Waals surface area contributed by atoms with Crippen molar-refractivity contribution in [1.29, 1.82) is 0 Å². The largest absolute Gasteiger partial charge is 0.466 e. The number of rotatable bonds is 5. The van der Waals surface area contributed by atoms with Gasteiger partial charge in [-0.1, -0.05) is 78.4 Å². The van der Waals surface area contributed by atoms with E-state index in [1.54, 1.807) is 4.57 Å². The highest BCUT2D eigenvalue weighted by molar-refractivity contribution is 7.07. The molecular weight excluding hydrogens is 518 g/mol. The summed E-state index contributed by atoms with van der Waals surface area (Å²) in [7, 11) is 1.37. The van der Waals surface area contributed by atoms with Crippen LogP contribution in [0.3, 0.4) is 0 Å². The summed E-state index contributed by atoms with van der Waals surface area (Å²) in [4.78, 5) is 27.0. The van der Waals surface area contributed by atoms with Crippen LogP contribution in [0.25, 0.3) is 29.1 Å². The summed E-state index contributed by atoms with van der Waals surface area (Å²) < 4.78 is 10.0. The Morgan fingerprint density at radius 3 is 2.30 bits per heavy atom. The predicted octanol–water partition coefficient (Wildman–Crippen LogP) is 4.77. The van der Waals surface area contributed by atoms with Gasteiger partial charge in [0.2, 0.25) is 0 Å². The molecule has 0 bridgehead atoms. The molecular formula is C33H27N3O3S. The third-order valence-corrected chi connectivity index (χ3v) is 8.11. The molecule has 1 aliphatic rings. The molecule has 0 spiro atoms. The van der Waals surface area contributed by atoms with Crippen molar-refractivity contribution in [3.05, 3.63) is 139 Å². The molecule has 0 fully saturated rings. The lowest BCUT2D eigenvalue weighted by Gasteiger charge is -2.25. The lowest BCUT2D eigenvalue weighted by Crippen LogP contribution is -2.39. The van der Waals surface area contributed by atoms with Gasteiger partial charge in [-0.2, -0.15) is 5.10 Å². The van der Waals surface area contributed by atoms with Gasteiger partial charge in [0.25, 0.3) is 5.56 Å². The standard InChI is InChI=1S/C33H27N3O3S/c1-21-14-16-23(17-15-21)30-25(20-35(34-30)26-12-8-5-9-13-26)19-27-32(37)36-28(40-27)18-22(2)29(33(38)39-3)31(36)24-10-6-4-7-11-24/h4-20,31H,1-3H3. The van der Waals surface area contributed by atoms with E-state index in [4.69, 9.17) is 9.84 Å².